The van der Waals surface area contributed by atoms with Gasteiger partial charge in [-0.15, -0.1) is 0 Å². The highest BCUT2D eigenvalue weighted by molar-refractivity contribution is 8.77. The van der Waals surface area contributed by atoms with Crippen molar-refractivity contribution in [3.8, 4) is 11.5 Å². The highest BCUT2D eigenvalue weighted by atomic mass is 35.5. The highest BCUT2D eigenvalue weighted by Crippen LogP contribution is 2.50. The zero-order valence-corrected chi connectivity index (χ0v) is 81.9. The molecule has 0 aromatic heterocycles. The smallest absolute Gasteiger partial charge is 0.409 e. The molecule has 15 N–H and O–H groups in total. The van der Waals surface area contributed by atoms with Crippen molar-refractivity contribution in [2.24, 2.45) is 17.6 Å². The Morgan fingerprint density at radius 1 is 0.793 bits per heavy atom. The van der Waals surface area contributed by atoms with Crippen LogP contribution in [0.4, 0.5) is 15.3 Å². The van der Waals surface area contributed by atoms with Crippen LogP contribution in [0.2, 0.25) is 5.02 Å². The van der Waals surface area contributed by atoms with Crippen LogP contribution in [0, 0.1) is 11.8 Å². The van der Waals surface area contributed by atoms with Gasteiger partial charge in [-0.2, -0.15) is 0 Å². The van der Waals surface area contributed by atoms with E-state index in [1.807, 2.05) is 43.3 Å². The third kappa shape index (κ3) is 30.4. The second kappa shape index (κ2) is 51.1. The maximum atomic E-state index is 15.5. The number of halogens is 1. The largest absolute Gasteiger partial charge is 0.508 e. The number of rotatable bonds is 32. The Hall–Kier alpha value is -9.74. The number of ketones is 2. The van der Waals surface area contributed by atoms with Gasteiger partial charge in [0, 0.05) is 101 Å². The zero-order chi connectivity index (χ0) is 98.0. The Labute approximate surface area is 808 Å². The van der Waals surface area contributed by atoms with Gasteiger partial charge in [0.15, 0.2) is 17.3 Å². The lowest BCUT2D eigenvalue weighted by Crippen LogP contribution is -2.63. The molecule has 39 heteroatoms. The van der Waals surface area contributed by atoms with Crippen LogP contribution in [0.15, 0.2) is 121 Å². The summed E-state index contributed by atoms with van der Waals surface area (Å²) in [5.74, 6) is -10.3. The second-order valence-electron chi connectivity index (χ2n) is 35.6. The van der Waals surface area contributed by atoms with Crippen LogP contribution < -0.4 is 63.2 Å². The summed E-state index contributed by atoms with van der Waals surface area (Å²) in [5, 5.41) is 70.1. The number of carbonyl (C=O) groups excluding carboxylic acids is 13. The van der Waals surface area contributed by atoms with E-state index < -0.39 is 198 Å². The number of nitrogens with zero attached hydrogens (tertiary/aromatic N) is 2. The zero-order valence-electron chi connectivity index (χ0n) is 77.9. The molecule has 2 aliphatic carbocycles. The molecule has 4 fully saturated rings. The molecule has 3 saturated heterocycles. The van der Waals surface area contributed by atoms with E-state index in [-0.39, 0.29) is 98.4 Å². The molecule has 0 unspecified atom stereocenters. The number of epoxide rings is 1. The Balaban J connectivity index is 0.830. The van der Waals surface area contributed by atoms with Gasteiger partial charge >= 0.3 is 18.1 Å². The number of unbranched alkanes of at least 4 members (excludes halogenated alkanes) is 1. The van der Waals surface area contributed by atoms with E-state index in [1.165, 1.54) is 92.6 Å². The molecule has 34 nitrogen and oxygen atoms in total. The van der Waals surface area contributed by atoms with Crippen LogP contribution in [-0.4, -0.2) is 262 Å². The van der Waals surface area contributed by atoms with Crippen molar-refractivity contribution in [2.45, 2.75) is 266 Å². The van der Waals surface area contributed by atoms with Crippen molar-refractivity contribution in [2.75, 3.05) is 62.8 Å². The number of fused-ring (bicyclic) bond motifs is 6. The number of nitrogens with two attached hydrogens (primary N) is 1. The van der Waals surface area contributed by atoms with E-state index in [0.717, 1.165) is 76.0 Å². The number of benzene rings is 4. The highest BCUT2D eigenvalue weighted by Gasteiger charge is 2.65. The van der Waals surface area contributed by atoms with Crippen LogP contribution in [0.5, 0.6) is 11.5 Å². The van der Waals surface area contributed by atoms with Crippen molar-refractivity contribution in [1.82, 2.24) is 52.8 Å². The number of phenols is 1. The number of hydrogen-bond acceptors (Lipinski definition) is 27. The molecule has 736 valence electrons. The summed E-state index contributed by atoms with van der Waals surface area (Å²) in [6.07, 6.45) is 3.17. The Morgan fingerprint density at radius 2 is 1.49 bits per heavy atom. The maximum Gasteiger partial charge on any atom is 0.409 e. The number of carbonyl (C=O) groups is 13. The third-order valence-electron chi connectivity index (χ3n) is 25.4. The fourth-order valence-electron chi connectivity index (χ4n) is 17.2. The van der Waals surface area contributed by atoms with Crippen molar-refractivity contribution in [3.05, 3.63) is 154 Å². The summed E-state index contributed by atoms with van der Waals surface area (Å²) in [6, 6.07) is 13.3. The van der Waals surface area contributed by atoms with Gasteiger partial charge in [0.1, 0.15) is 82.7 Å². The van der Waals surface area contributed by atoms with Gasteiger partial charge in [-0.3, -0.25) is 53.3 Å². The maximum absolute atomic E-state index is 15.5. The topological polar surface area (TPSA) is 493 Å². The number of urea groups is 1. The predicted octanol–water partition coefficient (Wildman–Crippen LogP) is 7.63. The van der Waals surface area contributed by atoms with Crippen LogP contribution in [0.25, 0.3) is 5.57 Å². The molecule has 11 amide bonds. The number of aliphatic hydroxyl groups is 3. The Kier molecular flexibility index (Phi) is 40.6. The molecular formula is C96H129ClN12O22S4. The molecule has 4 aromatic carbocycles. The molecule has 10 rings (SSSR count). The second-order valence-corrected chi connectivity index (χ2v) is 41.3. The number of alkyl carbamates (subject to hydrolysis) is 1. The number of likely N-dealkylation sites (N-methyl/N-ethyl adjacent to an activating group) is 1. The Bertz CT molecular complexity index is 4940. The molecule has 135 heavy (non-hydrogen) atoms. The lowest BCUT2D eigenvalue weighted by molar-refractivity contribution is -0.162. The summed E-state index contributed by atoms with van der Waals surface area (Å²) in [7, 11) is 10.3. The number of methoxy groups -OCH3 is 2. The molecular weight excluding hydrogens is 1840 g/mol. The first kappa shape index (κ1) is 107. The number of amides is 11. The third-order valence-corrected chi connectivity index (χ3v) is 30.7. The van der Waals surface area contributed by atoms with Gasteiger partial charge in [-0.05, 0) is 157 Å². The average molecular weight is 1970 g/mol. The number of phenolic OH excluding ortho intramolecular Hbond substituents is 1. The van der Waals surface area contributed by atoms with Gasteiger partial charge in [0.2, 0.25) is 47.3 Å². The number of nitrogens with one attached hydrogen (secondary N) is 9. The van der Waals surface area contributed by atoms with Gasteiger partial charge in [0.25, 0.3) is 0 Å². The minimum absolute atomic E-state index is 0.0175. The fraction of sp³-hybridized carbons (Fsp3) is 0.552. The van der Waals surface area contributed by atoms with Gasteiger partial charge in [-0.1, -0.05) is 178 Å². The van der Waals surface area contributed by atoms with Gasteiger partial charge in [0.05, 0.1) is 43.6 Å². The van der Waals surface area contributed by atoms with Gasteiger partial charge < -0.3 is 102 Å². The molecule has 1 saturated carbocycles. The molecule has 6 aliphatic rings. The number of aliphatic hydroxyl groups excluding tert-OH is 2. The van der Waals surface area contributed by atoms with Crippen molar-refractivity contribution < 1.29 is 106 Å². The fourth-order valence-corrected chi connectivity index (χ4v) is 21.9. The minimum Gasteiger partial charge on any atom is -0.508 e. The monoisotopic (exact) mass is 1960 g/mol. The molecule has 4 bridgehead atoms. The number of aromatic hydroxyl groups is 1. The van der Waals surface area contributed by atoms with E-state index in [9.17, 15) is 63.6 Å². The SMILES string of the molecule is COc1cc2cc(c1Cl)N(C)C(=O)C[C@H](OC(=O)[C@H](C)N(C)C(=O)CCSSCCCC(=O)[C@@H](NC(=O)[C@@H]1CSSC[C@H](NC(=O)[C@@H](Cc3ccccc3)NC(=O)NC3CCCCC3)C(=O)C[C@@H](Cc3ccc(O)cc3)C(=O)N[C@H](CC3=CCc4ccccc43)C(=O)N[C@@H](CCCCN)C(=O)N[C@@H]([C@@H](C)O)C(=O)N1)[C@@H](C)O)[C@]1(C)O[C@H]1[C@H](C)[C@@H]1C[C@@](O)(NC(=O)O1)[C@H](OC)/C=C/C=C(\C)C2. The molecule has 18 atom stereocenters. The first-order valence-corrected chi connectivity index (χ1v) is 51.2. The molecule has 4 aromatic rings. The number of allylic oxidation sites excluding steroid dienone is 4. The number of Topliss-reactive ketones (excluding diaryl/α,β-unsaturated/α-hetero) is 2. The first-order chi connectivity index (χ1) is 64.4. The summed E-state index contributed by atoms with van der Waals surface area (Å²) >= 11 is 6.90. The minimum atomic E-state index is -1.94. The first-order valence-electron chi connectivity index (χ1n) is 45.8. The van der Waals surface area contributed by atoms with Crippen molar-refractivity contribution in [3.63, 3.8) is 0 Å². The van der Waals surface area contributed by atoms with Crippen LogP contribution in [-0.2, 0) is 97.4 Å². The molecule has 4 heterocycles. The van der Waals surface area contributed by atoms with Crippen molar-refractivity contribution >= 4 is 143 Å². The lowest BCUT2D eigenvalue weighted by atomic mass is 9.83. The summed E-state index contributed by atoms with van der Waals surface area (Å²) in [4.78, 5) is 193. The normalized spacial score (nSPS) is 26.4. The summed E-state index contributed by atoms with van der Waals surface area (Å²) < 4.78 is 29.7. The predicted molar refractivity (Wildman–Crippen MR) is 518 cm³/mol. The van der Waals surface area contributed by atoms with Crippen molar-refractivity contribution in [1.29, 1.82) is 0 Å². The molecule has 0 spiro atoms. The molecule has 4 aliphatic heterocycles. The van der Waals surface area contributed by atoms with E-state index in [1.54, 1.807) is 80.6 Å². The number of ether oxygens (including phenoxy) is 5. The average Bonchev–Trinajstić information content (AvgIpc) is 1.57. The number of esters is 1. The van der Waals surface area contributed by atoms with Crippen LogP contribution in [0.3, 0.4) is 0 Å². The van der Waals surface area contributed by atoms with E-state index in [4.69, 9.17) is 41.0 Å². The molecule has 0 radical (unpaired) electrons. The van der Waals surface area contributed by atoms with E-state index in [0.29, 0.717) is 53.2 Å². The van der Waals surface area contributed by atoms with E-state index >= 15 is 19.2 Å². The van der Waals surface area contributed by atoms with Crippen LogP contribution in [0.1, 0.15) is 166 Å². The van der Waals surface area contributed by atoms with E-state index in [2.05, 4.69) is 47.9 Å². The van der Waals surface area contributed by atoms with Gasteiger partial charge in [-0.25, -0.2) is 14.4 Å². The number of anilines is 1. The van der Waals surface area contributed by atoms with Crippen LogP contribution >= 0.6 is 54.8 Å². The standard InChI is InChI=1S/C96H129ClN12O22S4/c1-54-23-21-32-78(128-10)96(126)51-77(129-94(125)107-96)55(2)85-95(6,131-85)79(50-81(116)109(8)73-46-61(43-54)47-76(127-9)82(73)97)130-92(123)56(3)108(7)80(115)39-42-133-132-41-22-31-74(113)83(57(4)110)105-90(121)72-53-135-134-52-71(102-88(119)69(45-59-24-13-11-14-25-59)104-93(124)99-65-27-15-12-16-28-65)75(114)49-64(44-60-33-37-66(112)38-34-60)86(117)101-70(48-63-36-35-62-26-17-18-29-67(62)63)89(120)100-68(30-19-20-40-98)87(118)106-84(58(5)111)91(122)103-72/h11,13-14,17-18,21,23-26,29,32-34,36-38,46-47,55-58,64-65,68-72,77-79,83-85,110-112,126H,12,15-16,19-20,22,27-28,30-31,35,39-45,48-53,98H2,1-10H3,(H,100,120)(H,101,117)(H,102,119)(H,103,122)(H,105,121)(H,106,118)(H,107,125)(H2,99,104,124)/b32-21+,54-23+/t55-,56+,57-,58-,64-,68+,69-,70-,71+,72+,77+,78-,79+,83+,84+,85+,95+,96+/m1/s1. The number of hydrogen-bond donors (Lipinski definition) is 14. The Morgan fingerprint density at radius 3 is 2.19 bits per heavy atom. The quantitative estimate of drug-likeness (QED) is 0.00966. The summed E-state index contributed by atoms with van der Waals surface area (Å²) in [6.45, 7) is 9.46. The summed E-state index contributed by atoms with van der Waals surface area (Å²) in [5.41, 5.74) is 8.16. The lowest BCUT2D eigenvalue weighted by Gasteiger charge is -2.42.